The SMILES string of the molecule is C=c1c(C2CCCCC2)c[nH]/c1=C/CC(C)C. The van der Waals surface area contributed by atoms with Crippen LogP contribution in [-0.4, -0.2) is 4.98 Å². The first-order valence-corrected chi connectivity index (χ1v) is 7.05. The van der Waals surface area contributed by atoms with Crippen LogP contribution in [0.3, 0.4) is 0 Å². The number of aromatic amines is 1. The first-order valence-electron chi connectivity index (χ1n) is 7.05. The van der Waals surface area contributed by atoms with Crippen LogP contribution in [-0.2, 0) is 0 Å². The number of nitrogens with one attached hydrogen (secondary N) is 1. The summed E-state index contributed by atoms with van der Waals surface area (Å²) >= 11 is 0. The molecular formula is C16H25N. The molecule has 0 amide bonds. The van der Waals surface area contributed by atoms with Gasteiger partial charge in [-0.2, -0.15) is 0 Å². The van der Waals surface area contributed by atoms with Gasteiger partial charge in [-0.15, -0.1) is 0 Å². The molecule has 1 heterocycles. The Balaban J connectivity index is 2.20. The second-order valence-corrected chi connectivity index (χ2v) is 5.80. The number of hydrogen-bond acceptors (Lipinski definition) is 0. The Morgan fingerprint density at radius 3 is 2.71 bits per heavy atom. The maximum absolute atomic E-state index is 4.27. The van der Waals surface area contributed by atoms with E-state index in [2.05, 4.69) is 37.7 Å². The van der Waals surface area contributed by atoms with Gasteiger partial charge < -0.3 is 4.98 Å². The number of H-pyrrole nitrogens is 1. The van der Waals surface area contributed by atoms with Crippen molar-refractivity contribution in [2.75, 3.05) is 0 Å². The fourth-order valence-corrected chi connectivity index (χ4v) is 2.80. The number of aromatic nitrogens is 1. The second kappa shape index (κ2) is 5.57. The number of rotatable bonds is 3. The highest BCUT2D eigenvalue weighted by Gasteiger charge is 2.16. The first-order chi connectivity index (χ1) is 8.18. The average Bonchev–Trinajstić information content (AvgIpc) is 2.69. The molecule has 1 heteroatoms. The van der Waals surface area contributed by atoms with Crippen LogP contribution < -0.4 is 10.6 Å². The summed E-state index contributed by atoms with van der Waals surface area (Å²) in [5.41, 5.74) is 1.47. The molecule has 0 bridgehead atoms. The maximum atomic E-state index is 4.27. The van der Waals surface area contributed by atoms with Gasteiger partial charge in [0.1, 0.15) is 0 Å². The largest absolute Gasteiger partial charge is 0.361 e. The third kappa shape index (κ3) is 3.02. The summed E-state index contributed by atoms with van der Waals surface area (Å²) in [5.74, 6) is 1.48. The summed E-state index contributed by atoms with van der Waals surface area (Å²) in [6.07, 6.45) is 12.5. The van der Waals surface area contributed by atoms with Gasteiger partial charge in [0, 0.05) is 11.5 Å². The van der Waals surface area contributed by atoms with Crippen LogP contribution in [0, 0.1) is 5.92 Å². The molecule has 0 atom stereocenters. The molecule has 2 rings (SSSR count). The molecule has 94 valence electrons. The van der Waals surface area contributed by atoms with Crippen molar-refractivity contribution in [2.24, 2.45) is 5.92 Å². The van der Waals surface area contributed by atoms with Crippen LogP contribution in [0.5, 0.6) is 0 Å². The molecule has 0 aromatic carbocycles. The standard InChI is InChI=1S/C16H25N/c1-12(2)9-10-16-13(3)15(11-17-16)14-7-5-4-6-8-14/h10-12,14,17H,3-9H2,1-2H3/b16-10+. The summed E-state index contributed by atoms with van der Waals surface area (Å²) in [5, 5.41) is 2.50. The Bertz CT molecular complexity index is 446. The van der Waals surface area contributed by atoms with Gasteiger partial charge in [0.2, 0.25) is 0 Å². The lowest BCUT2D eigenvalue weighted by Gasteiger charge is -2.20. The van der Waals surface area contributed by atoms with E-state index in [0.29, 0.717) is 0 Å². The third-order valence-electron chi connectivity index (χ3n) is 3.90. The highest BCUT2D eigenvalue weighted by atomic mass is 14.7. The summed E-state index contributed by atoms with van der Waals surface area (Å²) in [4.78, 5) is 3.41. The molecule has 1 nitrogen and oxygen atoms in total. The fourth-order valence-electron chi connectivity index (χ4n) is 2.80. The molecule has 1 fully saturated rings. The van der Waals surface area contributed by atoms with Crippen LogP contribution in [0.2, 0.25) is 0 Å². The van der Waals surface area contributed by atoms with Crippen LogP contribution >= 0.6 is 0 Å². The molecule has 1 aliphatic carbocycles. The van der Waals surface area contributed by atoms with Crippen molar-refractivity contribution >= 4 is 12.7 Å². The zero-order chi connectivity index (χ0) is 12.3. The van der Waals surface area contributed by atoms with Crippen LogP contribution in [0.4, 0.5) is 0 Å². The summed E-state index contributed by atoms with van der Waals surface area (Å²) in [6.45, 7) is 8.78. The van der Waals surface area contributed by atoms with Crippen molar-refractivity contribution in [1.82, 2.24) is 4.98 Å². The predicted molar refractivity (Wildman–Crippen MR) is 75.3 cm³/mol. The molecule has 1 aromatic heterocycles. The summed E-state index contributed by atoms with van der Waals surface area (Å²) in [6, 6.07) is 0. The highest BCUT2D eigenvalue weighted by Crippen LogP contribution is 2.30. The van der Waals surface area contributed by atoms with E-state index in [1.165, 1.54) is 48.2 Å². The molecule has 1 saturated carbocycles. The summed E-state index contributed by atoms with van der Waals surface area (Å²) < 4.78 is 0. The molecule has 0 unspecified atom stereocenters. The fraction of sp³-hybridized carbons (Fsp3) is 0.625. The van der Waals surface area contributed by atoms with E-state index in [1.54, 1.807) is 0 Å². The van der Waals surface area contributed by atoms with Crippen molar-refractivity contribution < 1.29 is 0 Å². The Hall–Kier alpha value is -0.980. The minimum absolute atomic E-state index is 0.718. The van der Waals surface area contributed by atoms with Crippen LogP contribution in [0.1, 0.15) is 63.9 Å². The molecule has 17 heavy (non-hydrogen) atoms. The lowest BCUT2D eigenvalue weighted by atomic mass is 9.85. The molecule has 1 N–H and O–H groups in total. The zero-order valence-electron chi connectivity index (χ0n) is 11.3. The normalized spacial score (nSPS) is 19.1. The van der Waals surface area contributed by atoms with Gasteiger partial charge in [-0.05, 0) is 41.9 Å². The van der Waals surface area contributed by atoms with Gasteiger partial charge in [0.05, 0.1) is 0 Å². The van der Waals surface area contributed by atoms with Gasteiger partial charge in [0.25, 0.3) is 0 Å². The van der Waals surface area contributed by atoms with E-state index in [-0.39, 0.29) is 0 Å². The Labute approximate surface area is 105 Å². The molecule has 0 saturated heterocycles. The lowest BCUT2D eigenvalue weighted by molar-refractivity contribution is 0.442. The van der Waals surface area contributed by atoms with Crippen molar-refractivity contribution in [3.8, 4) is 0 Å². The van der Waals surface area contributed by atoms with E-state index >= 15 is 0 Å². The highest BCUT2D eigenvalue weighted by molar-refractivity contribution is 5.29. The van der Waals surface area contributed by atoms with Gasteiger partial charge >= 0.3 is 0 Å². The Kier molecular flexibility index (Phi) is 4.09. The van der Waals surface area contributed by atoms with Crippen molar-refractivity contribution in [3.05, 3.63) is 22.3 Å². The molecule has 1 aromatic rings. The van der Waals surface area contributed by atoms with E-state index in [0.717, 1.165) is 18.3 Å². The molecule has 1 aliphatic rings. The van der Waals surface area contributed by atoms with Gasteiger partial charge in [-0.25, -0.2) is 0 Å². The molecule has 0 spiro atoms. The van der Waals surface area contributed by atoms with Crippen molar-refractivity contribution in [1.29, 1.82) is 0 Å². The monoisotopic (exact) mass is 231 g/mol. The molecular weight excluding hydrogens is 206 g/mol. The molecule has 0 aliphatic heterocycles. The van der Waals surface area contributed by atoms with E-state index in [9.17, 15) is 0 Å². The van der Waals surface area contributed by atoms with E-state index in [1.807, 2.05) is 0 Å². The Morgan fingerprint density at radius 2 is 2.06 bits per heavy atom. The Morgan fingerprint density at radius 1 is 1.35 bits per heavy atom. The topological polar surface area (TPSA) is 15.8 Å². The van der Waals surface area contributed by atoms with Crippen LogP contribution in [0.15, 0.2) is 6.20 Å². The van der Waals surface area contributed by atoms with E-state index < -0.39 is 0 Å². The van der Waals surface area contributed by atoms with Crippen molar-refractivity contribution in [2.45, 2.75) is 58.3 Å². The van der Waals surface area contributed by atoms with Gasteiger partial charge in [-0.1, -0.05) is 45.8 Å². The van der Waals surface area contributed by atoms with E-state index in [4.69, 9.17) is 0 Å². The lowest BCUT2D eigenvalue weighted by Crippen LogP contribution is -2.25. The second-order valence-electron chi connectivity index (χ2n) is 5.80. The number of hydrogen-bond donors (Lipinski definition) is 1. The van der Waals surface area contributed by atoms with Crippen molar-refractivity contribution in [3.63, 3.8) is 0 Å². The average molecular weight is 231 g/mol. The molecule has 0 radical (unpaired) electrons. The quantitative estimate of drug-likeness (QED) is 0.821. The predicted octanol–water partition coefficient (Wildman–Crippen LogP) is 3.30. The third-order valence-corrected chi connectivity index (χ3v) is 3.90. The summed E-state index contributed by atoms with van der Waals surface area (Å²) in [7, 11) is 0. The van der Waals surface area contributed by atoms with Gasteiger partial charge in [-0.3, -0.25) is 0 Å². The smallest absolute Gasteiger partial charge is 0.0410 e. The minimum atomic E-state index is 0.718. The maximum Gasteiger partial charge on any atom is 0.0410 e. The first kappa shape index (κ1) is 12.5. The van der Waals surface area contributed by atoms with Gasteiger partial charge in [0.15, 0.2) is 0 Å². The van der Waals surface area contributed by atoms with Crippen LogP contribution in [0.25, 0.3) is 12.7 Å². The zero-order valence-corrected chi connectivity index (χ0v) is 11.3. The minimum Gasteiger partial charge on any atom is -0.361 e.